The van der Waals surface area contributed by atoms with Gasteiger partial charge in [0.25, 0.3) is 5.91 Å². The highest BCUT2D eigenvalue weighted by Crippen LogP contribution is 2.36. The van der Waals surface area contributed by atoms with Crippen LogP contribution >= 0.6 is 23.1 Å². The predicted octanol–water partition coefficient (Wildman–Crippen LogP) is 4.75. The molecule has 0 fully saturated rings. The lowest BCUT2D eigenvalue weighted by atomic mass is 10.0. The van der Waals surface area contributed by atoms with E-state index < -0.39 is 29.4 Å². The highest BCUT2D eigenvalue weighted by Gasteiger charge is 2.38. The number of carbonyl (C=O) groups is 3. The number of thioether (sulfide) groups is 1. The number of rotatable bonds is 6. The molecule has 0 saturated heterocycles. The van der Waals surface area contributed by atoms with E-state index in [1.807, 2.05) is 0 Å². The number of thiophene rings is 1. The van der Waals surface area contributed by atoms with Crippen LogP contribution in [0.25, 0.3) is 0 Å². The fourth-order valence-electron chi connectivity index (χ4n) is 3.41. The second-order valence-corrected chi connectivity index (χ2v) is 8.73. The second-order valence-electron chi connectivity index (χ2n) is 6.80. The number of ether oxygens (including phenoxy) is 1. The Balaban J connectivity index is 1.66. The maximum absolute atomic E-state index is 14.7. The summed E-state index contributed by atoms with van der Waals surface area (Å²) in [7, 11) is 1.43. The quantitative estimate of drug-likeness (QED) is 0.409. The van der Waals surface area contributed by atoms with E-state index in [1.165, 1.54) is 48.5 Å². The zero-order chi connectivity index (χ0) is 23.0. The normalized spacial score (nSPS) is 13.3. The number of carbonyl (C=O) groups excluding carboxylic acids is 2. The van der Waals surface area contributed by atoms with Gasteiger partial charge < -0.3 is 9.84 Å². The first-order valence-electron chi connectivity index (χ1n) is 9.26. The first-order valence-corrected chi connectivity index (χ1v) is 11.1. The molecular formula is C22H15F2NO5S2. The number of nitrogens with zero attached hydrogens (tertiary/aromatic N) is 1. The molecule has 164 valence electrons. The summed E-state index contributed by atoms with van der Waals surface area (Å²) in [5.74, 6) is -3.56. The third kappa shape index (κ3) is 3.87. The van der Waals surface area contributed by atoms with Crippen LogP contribution in [0.1, 0.15) is 31.2 Å². The SMILES string of the molecule is COc1cccc(F)c1CSc1ccc(F)c(N2C(=O)Cc3csc(C(=O)O)c3C2=O)c1. The summed E-state index contributed by atoms with van der Waals surface area (Å²) in [6.45, 7) is 0. The number of amides is 2. The maximum atomic E-state index is 14.7. The molecule has 0 aliphatic carbocycles. The van der Waals surface area contributed by atoms with Crippen molar-refractivity contribution in [1.82, 2.24) is 0 Å². The van der Waals surface area contributed by atoms with Crippen LogP contribution in [-0.4, -0.2) is 30.0 Å². The lowest BCUT2D eigenvalue weighted by molar-refractivity contribution is -0.117. The van der Waals surface area contributed by atoms with E-state index in [0.717, 1.165) is 17.4 Å². The third-order valence-corrected chi connectivity index (χ3v) is 6.94. The average Bonchev–Trinajstić information content (AvgIpc) is 3.19. The Morgan fingerprint density at radius 2 is 2.00 bits per heavy atom. The van der Waals surface area contributed by atoms with Crippen LogP contribution in [-0.2, 0) is 17.0 Å². The van der Waals surface area contributed by atoms with Gasteiger partial charge in [-0.15, -0.1) is 23.1 Å². The summed E-state index contributed by atoms with van der Waals surface area (Å²) in [4.78, 5) is 38.1. The lowest BCUT2D eigenvalue weighted by Gasteiger charge is -2.26. The number of carboxylic acids is 1. The fourth-order valence-corrected chi connectivity index (χ4v) is 5.25. The van der Waals surface area contributed by atoms with Crippen molar-refractivity contribution in [2.24, 2.45) is 0 Å². The van der Waals surface area contributed by atoms with E-state index in [2.05, 4.69) is 0 Å². The molecule has 0 atom stereocenters. The minimum Gasteiger partial charge on any atom is -0.496 e. The van der Waals surface area contributed by atoms with Crippen molar-refractivity contribution >= 4 is 46.6 Å². The van der Waals surface area contributed by atoms with Crippen LogP contribution in [0, 0.1) is 11.6 Å². The number of hydrogen-bond donors (Lipinski definition) is 1. The van der Waals surface area contributed by atoms with E-state index in [0.29, 0.717) is 26.7 Å². The van der Waals surface area contributed by atoms with Gasteiger partial charge in [-0.2, -0.15) is 0 Å². The Labute approximate surface area is 189 Å². The Morgan fingerprint density at radius 1 is 1.22 bits per heavy atom. The van der Waals surface area contributed by atoms with Crippen molar-refractivity contribution in [3.05, 3.63) is 75.0 Å². The van der Waals surface area contributed by atoms with Crippen LogP contribution in [0.15, 0.2) is 46.7 Å². The molecule has 0 saturated carbocycles. The van der Waals surface area contributed by atoms with Crippen LogP contribution in [0.4, 0.5) is 14.5 Å². The Morgan fingerprint density at radius 3 is 2.72 bits per heavy atom. The Hall–Kier alpha value is -3.24. The largest absolute Gasteiger partial charge is 0.496 e. The molecule has 2 heterocycles. The Bertz CT molecular complexity index is 1260. The van der Waals surface area contributed by atoms with Crippen molar-refractivity contribution in [2.45, 2.75) is 17.1 Å². The van der Waals surface area contributed by atoms with Crippen LogP contribution in [0.2, 0.25) is 0 Å². The molecule has 1 N–H and O–H groups in total. The number of anilines is 1. The summed E-state index contributed by atoms with van der Waals surface area (Å²) in [6, 6.07) is 8.33. The van der Waals surface area contributed by atoms with Gasteiger partial charge in [0.05, 0.1) is 24.8 Å². The predicted molar refractivity (Wildman–Crippen MR) is 116 cm³/mol. The fraction of sp³-hybridized carbons (Fsp3) is 0.136. The minimum absolute atomic E-state index is 0.101. The molecule has 2 amide bonds. The van der Waals surface area contributed by atoms with Gasteiger partial charge in [-0.1, -0.05) is 6.07 Å². The summed E-state index contributed by atoms with van der Waals surface area (Å²) in [6.07, 6.45) is -0.214. The van der Waals surface area contributed by atoms with E-state index in [1.54, 1.807) is 6.07 Å². The van der Waals surface area contributed by atoms with E-state index >= 15 is 0 Å². The number of imide groups is 1. The highest BCUT2D eigenvalue weighted by molar-refractivity contribution is 7.98. The second kappa shape index (κ2) is 8.71. The molecule has 10 heteroatoms. The summed E-state index contributed by atoms with van der Waals surface area (Å²) in [5.41, 5.74) is 0.260. The number of benzene rings is 2. The van der Waals surface area contributed by atoms with E-state index in [4.69, 9.17) is 4.74 Å². The smallest absolute Gasteiger partial charge is 0.346 e. The molecule has 1 aliphatic heterocycles. The van der Waals surface area contributed by atoms with E-state index in [-0.39, 0.29) is 28.3 Å². The van der Waals surface area contributed by atoms with Crippen molar-refractivity contribution in [1.29, 1.82) is 0 Å². The first-order chi connectivity index (χ1) is 15.3. The molecule has 0 bridgehead atoms. The molecule has 0 radical (unpaired) electrons. The van der Waals surface area contributed by atoms with Gasteiger partial charge in [0.15, 0.2) is 0 Å². The van der Waals surface area contributed by atoms with Gasteiger partial charge in [-0.05, 0) is 41.3 Å². The van der Waals surface area contributed by atoms with E-state index in [9.17, 15) is 28.3 Å². The van der Waals surface area contributed by atoms with Gasteiger partial charge in [-0.25, -0.2) is 18.5 Å². The van der Waals surface area contributed by atoms with Crippen LogP contribution in [0.5, 0.6) is 5.75 Å². The van der Waals surface area contributed by atoms with Crippen molar-refractivity contribution < 1.29 is 33.0 Å². The number of hydrogen-bond acceptors (Lipinski definition) is 6. The molecule has 0 spiro atoms. The van der Waals surface area contributed by atoms with Crippen molar-refractivity contribution in [3.63, 3.8) is 0 Å². The number of aromatic carboxylic acids is 1. The highest BCUT2D eigenvalue weighted by atomic mass is 32.2. The van der Waals surface area contributed by atoms with Crippen molar-refractivity contribution in [3.8, 4) is 5.75 Å². The van der Waals surface area contributed by atoms with Crippen LogP contribution < -0.4 is 9.64 Å². The molecule has 3 aromatic rings. The molecule has 2 aromatic carbocycles. The third-order valence-electron chi connectivity index (χ3n) is 4.91. The zero-order valence-corrected chi connectivity index (χ0v) is 18.2. The van der Waals surface area contributed by atoms with Gasteiger partial charge in [0.2, 0.25) is 5.91 Å². The molecule has 32 heavy (non-hydrogen) atoms. The Kier molecular flexibility index (Phi) is 5.98. The minimum atomic E-state index is -1.29. The topological polar surface area (TPSA) is 83.9 Å². The van der Waals surface area contributed by atoms with Gasteiger partial charge >= 0.3 is 5.97 Å². The molecular weight excluding hydrogens is 460 g/mol. The molecule has 0 unspecified atom stereocenters. The zero-order valence-electron chi connectivity index (χ0n) is 16.6. The van der Waals surface area contributed by atoms with Crippen LogP contribution in [0.3, 0.4) is 0 Å². The molecule has 1 aliphatic rings. The molecule has 6 nitrogen and oxygen atoms in total. The number of methoxy groups -OCH3 is 1. The lowest BCUT2D eigenvalue weighted by Crippen LogP contribution is -2.43. The number of fused-ring (bicyclic) bond motifs is 1. The van der Waals surface area contributed by atoms with Gasteiger partial charge in [-0.3, -0.25) is 9.59 Å². The van der Waals surface area contributed by atoms with Gasteiger partial charge in [0.1, 0.15) is 22.3 Å². The maximum Gasteiger partial charge on any atom is 0.346 e. The average molecular weight is 475 g/mol. The summed E-state index contributed by atoms with van der Waals surface area (Å²) >= 11 is 2.02. The van der Waals surface area contributed by atoms with Crippen molar-refractivity contribution in [2.75, 3.05) is 12.0 Å². The number of halogens is 2. The monoisotopic (exact) mass is 475 g/mol. The summed E-state index contributed by atoms with van der Waals surface area (Å²) < 4.78 is 34.0. The first kappa shape index (κ1) is 22.0. The summed E-state index contributed by atoms with van der Waals surface area (Å²) in [5, 5.41) is 10.8. The molecule has 4 rings (SSSR count). The van der Waals surface area contributed by atoms with Gasteiger partial charge in [0, 0.05) is 16.2 Å². The molecule has 1 aromatic heterocycles. The number of carboxylic acid groups (broad SMARTS) is 1. The standard InChI is InChI=1S/C22H15F2NO5S2/c1-30-17-4-2-3-14(23)13(17)10-31-12-5-6-15(24)16(8-12)25-18(26)7-11-9-32-20(22(28)29)19(11)21(25)27/h2-6,8-9H,7,10H2,1H3,(H,28,29).